The molecule has 7 heteroatoms. The predicted octanol–water partition coefficient (Wildman–Crippen LogP) is 2.41. The number of rotatable bonds is 7. The predicted molar refractivity (Wildman–Crippen MR) is 82.6 cm³/mol. The van der Waals surface area contributed by atoms with E-state index in [0.29, 0.717) is 24.0 Å². The molecule has 2 N–H and O–H groups in total. The molecule has 0 aromatic carbocycles. The van der Waals surface area contributed by atoms with E-state index >= 15 is 0 Å². The molecule has 0 fully saturated rings. The fourth-order valence-electron chi connectivity index (χ4n) is 1.80. The molecule has 0 aliphatic carbocycles. The van der Waals surface area contributed by atoms with Gasteiger partial charge in [-0.05, 0) is 26.3 Å². The first kappa shape index (κ1) is 19.3. The van der Waals surface area contributed by atoms with Crippen LogP contribution in [-0.2, 0) is 4.74 Å². The SMILES string of the molecule is CCOC(=O)c1csc([C@H](O)C[C@@H](NC)C(C)C)n1.Cl. The van der Waals surface area contributed by atoms with Gasteiger partial charge in [0.2, 0.25) is 0 Å². The van der Waals surface area contributed by atoms with Crippen molar-refractivity contribution in [3.63, 3.8) is 0 Å². The second-order valence-electron chi connectivity index (χ2n) is 4.68. The molecule has 5 nitrogen and oxygen atoms in total. The van der Waals surface area contributed by atoms with Gasteiger partial charge in [-0.25, -0.2) is 9.78 Å². The van der Waals surface area contributed by atoms with E-state index in [-0.39, 0.29) is 24.1 Å². The van der Waals surface area contributed by atoms with Crippen LogP contribution < -0.4 is 5.32 Å². The number of aliphatic hydroxyl groups excluding tert-OH is 1. The van der Waals surface area contributed by atoms with Crippen molar-refractivity contribution < 1.29 is 14.6 Å². The van der Waals surface area contributed by atoms with E-state index in [9.17, 15) is 9.90 Å². The molecule has 1 rings (SSSR count). The summed E-state index contributed by atoms with van der Waals surface area (Å²) < 4.78 is 4.87. The summed E-state index contributed by atoms with van der Waals surface area (Å²) in [5, 5.41) is 15.5. The number of nitrogens with one attached hydrogen (secondary N) is 1. The Balaban J connectivity index is 0.00000361. The monoisotopic (exact) mass is 322 g/mol. The van der Waals surface area contributed by atoms with Crippen LogP contribution in [0.15, 0.2) is 5.38 Å². The third kappa shape index (κ3) is 5.36. The lowest BCUT2D eigenvalue weighted by molar-refractivity contribution is 0.0519. The first-order chi connectivity index (χ1) is 8.99. The maximum atomic E-state index is 11.5. The van der Waals surface area contributed by atoms with E-state index in [0.717, 1.165) is 0 Å². The van der Waals surface area contributed by atoms with Gasteiger partial charge < -0.3 is 15.2 Å². The first-order valence-electron chi connectivity index (χ1n) is 6.47. The number of carbonyl (C=O) groups excluding carboxylic acids is 1. The Morgan fingerprint density at radius 1 is 1.55 bits per heavy atom. The van der Waals surface area contributed by atoms with Gasteiger partial charge in [0, 0.05) is 11.4 Å². The van der Waals surface area contributed by atoms with E-state index in [2.05, 4.69) is 24.1 Å². The fourth-order valence-corrected chi connectivity index (χ4v) is 2.59. The van der Waals surface area contributed by atoms with Crippen LogP contribution in [0, 0.1) is 5.92 Å². The van der Waals surface area contributed by atoms with Gasteiger partial charge in [-0.1, -0.05) is 13.8 Å². The molecule has 0 saturated heterocycles. The van der Waals surface area contributed by atoms with Gasteiger partial charge in [0.25, 0.3) is 0 Å². The maximum absolute atomic E-state index is 11.5. The molecule has 0 saturated carbocycles. The van der Waals surface area contributed by atoms with Crippen LogP contribution in [0.2, 0.25) is 0 Å². The molecule has 0 bridgehead atoms. The molecule has 0 unspecified atom stereocenters. The normalized spacial score (nSPS) is 13.7. The van der Waals surface area contributed by atoms with Crippen LogP contribution in [-0.4, -0.2) is 35.8 Å². The van der Waals surface area contributed by atoms with E-state index in [4.69, 9.17) is 4.74 Å². The lowest BCUT2D eigenvalue weighted by Gasteiger charge is -2.22. The van der Waals surface area contributed by atoms with E-state index in [1.165, 1.54) is 11.3 Å². The van der Waals surface area contributed by atoms with Crippen molar-refractivity contribution in [2.75, 3.05) is 13.7 Å². The van der Waals surface area contributed by atoms with Crippen LogP contribution >= 0.6 is 23.7 Å². The van der Waals surface area contributed by atoms with Crippen LogP contribution in [0.4, 0.5) is 0 Å². The Labute approximate surface area is 130 Å². The highest BCUT2D eigenvalue weighted by Gasteiger charge is 2.21. The van der Waals surface area contributed by atoms with Crippen molar-refractivity contribution in [3.8, 4) is 0 Å². The first-order valence-corrected chi connectivity index (χ1v) is 7.35. The second-order valence-corrected chi connectivity index (χ2v) is 5.57. The highest BCUT2D eigenvalue weighted by molar-refractivity contribution is 7.09. The van der Waals surface area contributed by atoms with E-state index < -0.39 is 12.1 Å². The Morgan fingerprint density at radius 2 is 2.20 bits per heavy atom. The molecule has 1 aromatic heterocycles. The highest BCUT2D eigenvalue weighted by atomic mass is 35.5. The third-order valence-corrected chi connectivity index (χ3v) is 3.89. The topological polar surface area (TPSA) is 71.5 Å². The molecular formula is C13H23ClN2O3S. The van der Waals surface area contributed by atoms with Gasteiger partial charge >= 0.3 is 5.97 Å². The third-order valence-electron chi connectivity index (χ3n) is 2.94. The zero-order valence-corrected chi connectivity index (χ0v) is 13.9. The van der Waals surface area contributed by atoms with Gasteiger partial charge in [-0.2, -0.15) is 0 Å². The average Bonchev–Trinajstić information content (AvgIpc) is 2.85. The largest absolute Gasteiger partial charge is 0.461 e. The van der Waals surface area contributed by atoms with Crippen molar-refractivity contribution in [3.05, 3.63) is 16.1 Å². The van der Waals surface area contributed by atoms with Crippen LogP contribution in [0.25, 0.3) is 0 Å². The maximum Gasteiger partial charge on any atom is 0.357 e. The number of nitrogens with zero attached hydrogens (tertiary/aromatic N) is 1. The summed E-state index contributed by atoms with van der Waals surface area (Å²) in [6, 6.07) is 0.213. The van der Waals surface area contributed by atoms with Gasteiger partial charge in [0.05, 0.1) is 6.61 Å². The van der Waals surface area contributed by atoms with E-state index in [1.807, 2.05) is 7.05 Å². The minimum atomic E-state index is -0.659. The smallest absolute Gasteiger partial charge is 0.357 e. The van der Waals surface area contributed by atoms with Crippen molar-refractivity contribution in [1.29, 1.82) is 0 Å². The number of aromatic nitrogens is 1. The fraction of sp³-hybridized carbons (Fsp3) is 0.692. The summed E-state index contributed by atoms with van der Waals surface area (Å²) in [6.07, 6.45) is -0.0859. The zero-order valence-electron chi connectivity index (χ0n) is 12.3. The number of aliphatic hydroxyl groups is 1. The zero-order chi connectivity index (χ0) is 14.4. The molecule has 0 radical (unpaired) electrons. The molecule has 116 valence electrons. The Bertz CT molecular complexity index is 412. The summed E-state index contributed by atoms with van der Waals surface area (Å²) >= 11 is 1.29. The standard InChI is InChI=1S/C13H22N2O3S.ClH/c1-5-18-13(17)10-7-19-12(15-10)11(16)6-9(14-4)8(2)3;/h7-9,11,14,16H,5-6H2,1-4H3;1H/t9-,11-;/m1./s1. The van der Waals surface area contributed by atoms with Crippen molar-refractivity contribution >= 4 is 29.7 Å². The van der Waals surface area contributed by atoms with Gasteiger partial charge in [0.15, 0.2) is 5.69 Å². The molecule has 0 amide bonds. The number of thiazole rings is 1. The van der Waals surface area contributed by atoms with Crippen molar-refractivity contribution in [2.45, 2.75) is 39.3 Å². The van der Waals surface area contributed by atoms with Crippen molar-refractivity contribution in [1.82, 2.24) is 10.3 Å². The number of hydrogen-bond acceptors (Lipinski definition) is 6. The Hall–Kier alpha value is -0.690. The summed E-state index contributed by atoms with van der Waals surface area (Å²) in [5.41, 5.74) is 0.270. The lowest BCUT2D eigenvalue weighted by atomic mass is 9.98. The molecule has 0 aliphatic rings. The molecule has 1 heterocycles. The molecule has 0 aliphatic heterocycles. The summed E-state index contributed by atoms with van der Waals surface area (Å²) in [5.74, 6) is -0.0182. The molecule has 0 spiro atoms. The number of carbonyl (C=O) groups is 1. The van der Waals surface area contributed by atoms with Crippen LogP contribution in [0.3, 0.4) is 0 Å². The highest BCUT2D eigenvalue weighted by Crippen LogP contribution is 2.24. The number of halogens is 1. The van der Waals surface area contributed by atoms with Gasteiger partial charge in [-0.3, -0.25) is 0 Å². The van der Waals surface area contributed by atoms with Gasteiger partial charge in [0.1, 0.15) is 11.1 Å². The van der Waals surface area contributed by atoms with E-state index in [1.54, 1.807) is 12.3 Å². The summed E-state index contributed by atoms with van der Waals surface area (Å²) in [4.78, 5) is 15.6. The Morgan fingerprint density at radius 3 is 2.70 bits per heavy atom. The summed E-state index contributed by atoms with van der Waals surface area (Å²) in [7, 11) is 1.88. The quantitative estimate of drug-likeness (QED) is 0.754. The molecule has 20 heavy (non-hydrogen) atoms. The number of hydrogen-bond donors (Lipinski definition) is 2. The number of ether oxygens (including phenoxy) is 1. The number of esters is 1. The van der Waals surface area contributed by atoms with Gasteiger partial charge in [-0.15, -0.1) is 23.7 Å². The summed E-state index contributed by atoms with van der Waals surface area (Å²) in [6.45, 7) is 6.27. The molecule has 2 atom stereocenters. The van der Waals surface area contributed by atoms with Crippen molar-refractivity contribution in [2.24, 2.45) is 5.92 Å². The van der Waals surface area contributed by atoms with Crippen LogP contribution in [0.5, 0.6) is 0 Å². The Kier molecular flexibility index (Phi) is 8.96. The van der Waals surface area contributed by atoms with Crippen LogP contribution in [0.1, 0.15) is 48.8 Å². The minimum absolute atomic E-state index is 0. The lowest BCUT2D eigenvalue weighted by Crippen LogP contribution is -2.32. The molecular weight excluding hydrogens is 300 g/mol. The molecule has 1 aromatic rings. The minimum Gasteiger partial charge on any atom is -0.461 e. The average molecular weight is 323 g/mol. The second kappa shape index (κ2) is 9.28.